The van der Waals surface area contributed by atoms with E-state index >= 15 is 0 Å². The Labute approximate surface area is 112 Å². The van der Waals surface area contributed by atoms with Crippen molar-refractivity contribution in [3.8, 4) is 0 Å². The number of hydrazine groups is 1. The third-order valence-corrected chi connectivity index (χ3v) is 3.82. The number of benzene rings is 1. The molecule has 0 spiro atoms. The zero-order valence-electron chi connectivity index (χ0n) is 12.5. The Morgan fingerprint density at radius 2 is 1.72 bits per heavy atom. The van der Waals surface area contributed by atoms with Gasteiger partial charge in [-0.2, -0.15) is 0 Å². The topological polar surface area (TPSA) is 38.0 Å². The van der Waals surface area contributed by atoms with E-state index in [0.717, 1.165) is 12.8 Å². The quantitative estimate of drug-likeness (QED) is 0.619. The minimum atomic E-state index is 0.223. The van der Waals surface area contributed by atoms with Crippen LogP contribution in [0.5, 0.6) is 0 Å². The molecule has 0 amide bonds. The largest absolute Gasteiger partial charge is 0.271 e. The van der Waals surface area contributed by atoms with Crippen LogP contribution >= 0.6 is 0 Å². The van der Waals surface area contributed by atoms with Gasteiger partial charge in [0.15, 0.2) is 0 Å². The molecule has 0 aliphatic heterocycles. The molecule has 0 saturated carbocycles. The molecule has 2 atom stereocenters. The van der Waals surface area contributed by atoms with E-state index in [1.54, 1.807) is 0 Å². The Morgan fingerprint density at radius 3 is 2.11 bits per heavy atom. The molecular formula is C16H28N2. The Bertz CT molecular complexity index is 348. The first kappa shape index (κ1) is 15.2. The van der Waals surface area contributed by atoms with Crippen LogP contribution in [0.4, 0.5) is 0 Å². The maximum absolute atomic E-state index is 5.65. The van der Waals surface area contributed by atoms with E-state index in [9.17, 15) is 0 Å². The summed E-state index contributed by atoms with van der Waals surface area (Å²) in [5, 5.41) is 0. The fourth-order valence-electron chi connectivity index (χ4n) is 2.10. The van der Waals surface area contributed by atoms with Gasteiger partial charge >= 0.3 is 0 Å². The molecule has 0 saturated heterocycles. The standard InChI is InChI=1S/C16H28N2/c1-6-12(2)15(18-17)11-13-7-9-14(10-8-13)16(3,4)5/h7-10,12,15,18H,6,11,17H2,1-5H3. The van der Waals surface area contributed by atoms with E-state index < -0.39 is 0 Å². The van der Waals surface area contributed by atoms with Gasteiger partial charge in [-0.1, -0.05) is 65.3 Å². The predicted molar refractivity (Wildman–Crippen MR) is 79.4 cm³/mol. The predicted octanol–water partition coefficient (Wildman–Crippen LogP) is 3.40. The smallest absolute Gasteiger partial charge is 0.0276 e. The lowest BCUT2D eigenvalue weighted by Crippen LogP contribution is -2.41. The molecule has 0 aliphatic carbocycles. The summed E-state index contributed by atoms with van der Waals surface area (Å²) in [7, 11) is 0. The second kappa shape index (κ2) is 6.35. The second-order valence-corrected chi connectivity index (χ2v) is 6.31. The van der Waals surface area contributed by atoms with Crippen molar-refractivity contribution in [3.05, 3.63) is 35.4 Å². The van der Waals surface area contributed by atoms with E-state index in [0.29, 0.717) is 12.0 Å². The molecule has 18 heavy (non-hydrogen) atoms. The summed E-state index contributed by atoms with van der Waals surface area (Å²) in [5.41, 5.74) is 5.90. The zero-order chi connectivity index (χ0) is 13.8. The van der Waals surface area contributed by atoms with Gasteiger partial charge < -0.3 is 0 Å². The first-order chi connectivity index (χ1) is 8.38. The molecule has 0 bridgehead atoms. The van der Waals surface area contributed by atoms with E-state index in [2.05, 4.69) is 64.3 Å². The molecule has 0 aliphatic rings. The fourth-order valence-corrected chi connectivity index (χ4v) is 2.10. The van der Waals surface area contributed by atoms with Gasteiger partial charge in [0.1, 0.15) is 0 Å². The molecular weight excluding hydrogens is 220 g/mol. The van der Waals surface area contributed by atoms with Gasteiger partial charge in [-0.25, -0.2) is 0 Å². The Morgan fingerprint density at radius 1 is 1.17 bits per heavy atom. The molecule has 0 heterocycles. The van der Waals surface area contributed by atoms with Crippen LogP contribution in [-0.4, -0.2) is 6.04 Å². The molecule has 2 heteroatoms. The number of hydrogen-bond donors (Lipinski definition) is 2. The summed E-state index contributed by atoms with van der Waals surface area (Å²) in [5.74, 6) is 6.24. The van der Waals surface area contributed by atoms with Crippen LogP contribution in [0.25, 0.3) is 0 Å². The second-order valence-electron chi connectivity index (χ2n) is 6.31. The van der Waals surface area contributed by atoms with Crippen molar-refractivity contribution in [3.63, 3.8) is 0 Å². The minimum absolute atomic E-state index is 0.223. The molecule has 1 rings (SSSR count). The average Bonchev–Trinajstić information content (AvgIpc) is 2.34. The van der Waals surface area contributed by atoms with Crippen molar-refractivity contribution in [2.75, 3.05) is 0 Å². The molecule has 0 radical (unpaired) electrons. The van der Waals surface area contributed by atoms with Gasteiger partial charge in [-0.15, -0.1) is 0 Å². The van der Waals surface area contributed by atoms with Crippen LogP contribution in [0.2, 0.25) is 0 Å². The van der Waals surface area contributed by atoms with Crippen molar-refractivity contribution in [2.45, 2.75) is 58.9 Å². The maximum Gasteiger partial charge on any atom is 0.0276 e. The summed E-state index contributed by atoms with van der Waals surface area (Å²) in [6.07, 6.45) is 2.14. The lowest BCUT2D eigenvalue weighted by atomic mass is 9.86. The summed E-state index contributed by atoms with van der Waals surface area (Å²) < 4.78 is 0. The molecule has 1 aromatic rings. The zero-order valence-corrected chi connectivity index (χ0v) is 12.5. The van der Waals surface area contributed by atoms with Crippen LogP contribution in [0.1, 0.15) is 52.2 Å². The van der Waals surface area contributed by atoms with Gasteiger partial charge in [0.2, 0.25) is 0 Å². The van der Waals surface area contributed by atoms with Crippen LogP contribution in [0.3, 0.4) is 0 Å². The summed E-state index contributed by atoms with van der Waals surface area (Å²) >= 11 is 0. The van der Waals surface area contributed by atoms with E-state index in [-0.39, 0.29) is 5.41 Å². The Balaban J connectivity index is 2.74. The highest BCUT2D eigenvalue weighted by atomic mass is 15.2. The normalized spacial score (nSPS) is 15.4. The van der Waals surface area contributed by atoms with Crippen LogP contribution in [0.15, 0.2) is 24.3 Å². The third-order valence-electron chi connectivity index (χ3n) is 3.82. The fraction of sp³-hybridized carbons (Fsp3) is 0.625. The van der Waals surface area contributed by atoms with Gasteiger partial charge in [0, 0.05) is 6.04 Å². The Hall–Kier alpha value is -0.860. The monoisotopic (exact) mass is 248 g/mol. The number of rotatable bonds is 5. The van der Waals surface area contributed by atoms with Gasteiger partial charge in [0.25, 0.3) is 0 Å². The van der Waals surface area contributed by atoms with Gasteiger partial charge in [-0.05, 0) is 28.9 Å². The van der Waals surface area contributed by atoms with Gasteiger partial charge in [-0.3, -0.25) is 11.3 Å². The Kier molecular flexibility index (Phi) is 5.36. The first-order valence-electron chi connectivity index (χ1n) is 6.94. The summed E-state index contributed by atoms with van der Waals surface area (Å²) in [4.78, 5) is 0. The highest BCUT2D eigenvalue weighted by molar-refractivity contribution is 5.28. The van der Waals surface area contributed by atoms with Crippen molar-refractivity contribution in [1.82, 2.24) is 5.43 Å². The number of hydrogen-bond acceptors (Lipinski definition) is 2. The average molecular weight is 248 g/mol. The van der Waals surface area contributed by atoms with Crippen LogP contribution in [-0.2, 0) is 11.8 Å². The highest BCUT2D eigenvalue weighted by Crippen LogP contribution is 2.23. The molecule has 2 unspecified atom stereocenters. The maximum atomic E-state index is 5.65. The van der Waals surface area contributed by atoms with E-state index in [4.69, 9.17) is 5.84 Å². The van der Waals surface area contributed by atoms with Crippen molar-refractivity contribution < 1.29 is 0 Å². The lowest BCUT2D eigenvalue weighted by Gasteiger charge is -2.23. The highest BCUT2D eigenvalue weighted by Gasteiger charge is 2.16. The third kappa shape index (κ3) is 4.11. The van der Waals surface area contributed by atoms with Crippen LogP contribution in [0, 0.1) is 5.92 Å². The van der Waals surface area contributed by atoms with E-state index in [1.165, 1.54) is 11.1 Å². The summed E-state index contributed by atoms with van der Waals surface area (Å²) in [6.45, 7) is 11.2. The van der Waals surface area contributed by atoms with Gasteiger partial charge in [0.05, 0.1) is 0 Å². The molecule has 3 N–H and O–H groups in total. The minimum Gasteiger partial charge on any atom is -0.271 e. The van der Waals surface area contributed by atoms with Crippen molar-refractivity contribution in [1.29, 1.82) is 0 Å². The molecule has 1 aromatic carbocycles. The van der Waals surface area contributed by atoms with Crippen molar-refractivity contribution >= 4 is 0 Å². The molecule has 2 nitrogen and oxygen atoms in total. The first-order valence-corrected chi connectivity index (χ1v) is 6.94. The summed E-state index contributed by atoms with van der Waals surface area (Å²) in [6, 6.07) is 9.29. The lowest BCUT2D eigenvalue weighted by molar-refractivity contribution is 0.370. The SMILES string of the molecule is CCC(C)C(Cc1ccc(C(C)(C)C)cc1)NN. The number of nitrogens with two attached hydrogens (primary N) is 1. The molecule has 0 fully saturated rings. The molecule has 0 aromatic heterocycles. The van der Waals surface area contributed by atoms with E-state index in [1.807, 2.05) is 0 Å². The number of nitrogens with one attached hydrogen (secondary N) is 1. The van der Waals surface area contributed by atoms with Crippen molar-refractivity contribution in [2.24, 2.45) is 11.8 Å². The van der Waals surface area contributed by atoms with Crippen LogP contribution < -0.4 is 11.3 Å². The molecule has 102 valence electrons.